The highest BCUT2D eigenvalue weighted by Gasteiger charge is 2.50. The number of ether oxygens (including phenoxy) is 4. The second-order valence-corrected chi connectivity index (χ2v) is 9.09. The fourth-order valence-electron chi connectivity index (χ4n) is 4.34. The molecule has 2 aromatic carbocycles. The molecule has 0 unspecified atom stereocenters. The van der Waals surface area contributed by atoms with Crippen molar-refractivity contribution >= 4 is 21.9 Å². The minimum Gasteiger partial charge on any atom is -0.507 e. The molecule has 0 saturated carbocycles. The molecule has 3 heterocycles. The van der Waals surface area contributed by atoms with E-state index in [2.05, 4.69) is 0 Å². The molecule has 7 N–H and O–H groups in total. The van der Waals surface area contributed by atoms with E-state index < -0.39 is 67.3 Å². The number of phenolic OH excluding ortho intramolecular Hbond substituents is 1. The van der Waals surface area contributed by atoms with Crippen LogP contribution in [0.5, 0.6) is 11.5 Å². The molecular formula is C24H26O13. The molecule has 13 nitrogen and oxygen atoms in total. The van der Waals surface area contributed by atoms with Gasteiger partial charge < -0.3 is 59.1 Å². The number of hydrogen-bond donors (Lipinski definition) is 7. The predicted octanol–water partition coefficient (Wildman–Crippen LogP) is -1.70. The van der Waals surface area contributed by atoms with Gasteiger partial charge in [0, 0.05) is 0 Å². The third-order valence-electron chi connectivity index (χ3n) is 6.57. The van der Waals surface area contributed by atoms with E-state index in [-0.39, 0.29) is 40.0 Å². The average molecular weight is 522 g/mol. The first-order valence-corrected chi connectivity index (χ1v) is 11.4. The lowest BCUT2D eigenvalue weighted by Gasteiger charge is -2.40. The quantitative estimate of drug-likeness (QED) is 0.180. The van der Waals surface area contributed by atoms with Gasteiger partial charge in [0.05, 0.1) is 25.2 Å². The number of rotatable bonds is 6. The number of fused-ring (bicyclic) bond motifs is 2. The van der Waals surface area contributed by atoms with Gasteiger partial charge in [0.2, 0.25) is 11.7 Å². The zero-order valence-corrected chi connectivity index (χ0v) is 19.2. The van der Waals surface area contributed by atoms with Crippen molar-refractivity contribution in [2.75, 3.05) is 19.8 Å². The van der Waals surface area contributed by atoms with Gasteiger partial charge in [0.25, 0.3) is 0 Å². The van der Waals surface area contributed by atoms with E-state index in [0.29, 0.717) is 0 Å². The Labute approximate surface area is 208 Å². The molecule has 8 atom stereocenters. The Bertz CT molecular complexity index is 1340. The van der Waals surface area contributed by atoms with Gasteiger partial charge in [-0.25, -0.2) is 0 Å². The molecule has 37 heavy (non-hydrogen) atoms. The maximum atomic E-state index is 13.0. The van der Waals surface area contributed by atoms with E-state index in [1.807, 2.05) is 0 Å². The fraction of sp³-hybridized carbons (Fsp3) is 0.458. The number of aliphatic hydroxyl groups excluding tert-OH is 5. The Kier molecular flexibility index (Phi) is 6.83. The molecular weight excluding hydrogens is 496 g/mol. The Morgan fingerprint density at radius 3 is 2.51 bits per heavy atom. The van der Waals surface area contributed by atoms with Crippen molar-refractivity contribution < 1.29 is 59.1 Å². The Balaban J connectivity index is 1.34. The first-order chi connectivity index (χ1) is 17.6. The predicted molar refractivity (Wildman–Crippen MR) is 123 cm³/mol. The molecule has 2 fully saturated rings. The third kappa shape index (κ3) is 4.54. The van der Waals surface area contributed by atoms with Crippen molar-refractivity contribution in [1.82, 2.24) is 0 Å². The fourth-order valence-corrected chi connectivity index (χ4v) is 4.34. The summed E-state index contributed by atoms with van der Waals surface area (Å²) in [6.07, 6.45) is -10.7. The van der Waals surface area contributed by atoms with Crippen LogP contribution >= 0.6 is 0 Å². The van der Waals surface area contributed by atoms with E-state index in [4.69, 9.17) is 23.4 Å². The monoisotopic (exact) mass is 522 g/mol. The first-order valence-electron chi connectivity index (χ1n) is 11.4. The van der Waals surface area contributed by atoms with Crippen LogP contribution in [0.25, 0.3) is 21.9 Å². The molecule has 1 aromatic heterocycles. The van der Waals surface area contributed by atoms with Crippen molar-refractivity contribution in [1.29, 1.82) is 0 Å². The zero-order valence-electron chi connectivity index (χ0n) is 19.2. The molecule has 0 spiro atoms. The van der Waals surface area contributed by atoms with Crippen molar-refractivity contribution in [3.05, 3.63) is 46.6 Å². The van der Waals surface area contributed by atoms with Crippen molar-refractivity contribution in [3.63, 3.8) is 0 Å². The van der Waals surface area contributed by atoms with Gasteiger partial charge in [-0.15, -0.1) is 0 Å². The van der Waals surface area contributed by atoms with Gasteiger partial charge in [-0.05, 0) is 30.3 Å². The summed E-state index contributed by atoms with van der Waals surface area (Å²) in [6, 6.07) is 8.66. The van der Waals surface area contributed by atoms with Crippen LogP contribution in [-0.2, 0) is 14.2 Å². The molecule has 2 aliphatic rings. The summed E-state index contributed by atoms with van der Waals surface area (Å²) in [7, 11) is 0. The molecule has 5 rings (SSSR count). The molecule has 3 aromatic rings. The van der Waals surface area contributed by atoms with Crippen LogP contribution in [-0.4, -0.2) is 104 Å². The maximum Gasteiger partial charge on any atom is 0.229 e. The molecule has 0 radical (unpaired) electrons. The van der Waals surface area contributed by atoms with Crippen LogP contribution in [0.3, 0.4) is 0 Å². The van der Waals surface area contributed by atoms with E-state index in [9.17, 15) is 40.5 Å². The highest BCUT2D eigenvalue weighted by atomic mass is 16.7. The summed E-state index contributed by atoms with van der Waals surface area (Å²) in [6.45, 7) is -1.60. The van der Waals surface area contributed by atoms with Gasteiger partial charge in [0.15, 0.2) is 6.29 Å². The zero-order chi connectivity index (χ0) is 26.5. The van der Waals surface area contributed by atoms with E-state index in [1.165, 1.54) is 30.3 Å². The van der Waals surface area contributed by atoms with Crippen LogP contribution in [0, 0.1) is 0 Å². The summed E-state index contributed by atoms with van der Waals surface area (Å²) < 4.78 is 27.5. The summed E-state index contributed by atoms with van der Waals surface area (Å²) in [5.74, 6) is -0.191. The normalized spacial score (nSPS) is 34.3. The minimum absolute atomic E-state index is 0.0127. The molecule has 0 aliphatic carbocycles. The van der Waals surface area contributed by atoms with Crippen molar-refractivity contribution in [3.8, 4) is 11.5 Å². The topological polar surface area (TPSA) is 209 Å². The molecule has 0 bridgehead atoms. The van der Waals surface area contributed by atoms with Crippen molar-refractivity contribution in [2.24, 2.45) is 0 Å². The van der Waals surface area contributed by atoms with Gasteiger partial charge in [0.1, 0.15) is 64.2 Å². The Hall–Kier alpha value is -2.85. The smallest absolute Gasteiger partial charge is 0.229 e. The third-order valence-corrected chi connectivity index (χ3v) is 6.57. The minimum atomic E-state index is -1.91. The summed E-state index contributed by atoms with van der Waals surface area (Å²) in [5, 5.41) is 70.7. The lowest BCUT2D eigenvalue weighted by Crippen LogP contribution is -2.60. The van der Waals surface area contributed by atoms with E-state index in [0.717, 1.165) is 0 Å². The molecule has 0 amide bonds. The number of aromatic hydroxyl groups is 1. The number of aliphatic hydroxyl groups is 6. The number of hydrogen-bond acceptors (Lipinski definition) is 13. The van der Waals surface area contributed by atoms with Crippen molar-refractivity contribution in [2.45, 2.75) is 48.7 Å². The maximum absolute atomic E-state index is 13.0. The van der Waals surface area contributed by atoms with Crippen LogP contribution in [0.4, 0.5) is 0 Å². The molecule has 2 saturated heterocycles. The van der Waals surface area contributed by atoms with Crippen LogP contribution in [0.2, 0.25) is 0 Å². The Morgan fingerprint density at radius 2 is 1.78 bits per heavy atom. The molecule has 13 heteroatoms. The molecule has 200 valence electrons. The molecule has 2 aliphatic heterocycles. The second-order valence-electron chi connectivity index (χ2n) is 9.09. The summed E-state index contributed by atoms with van der Waals surface area (Å²) in [5.41, 5.74) is -2.00. The second kappa shape index (κ2) is 9.79. The number of benzene rings is 2. The summed E-state index contributed by atoms with van der Waals surface area (Å²) in [4.78, 5) is 13.0. The lowest BCUT2D eigenvalue weighted by molar-refractivity contribution is -0.289. The van der Waals surface area contributed by atoms with E-state index >= 15 is 0 Å². The van der Waals surface area contributed by atoms with Gasteiger partial charge in [-0.3, -0.25) is 4.79 Å². The lowest BCUT2D eigenvalue weighted by atomic mass is 9.99. The van der Waals surface area contributed by atoms with Gasteiger partial charge in [-0.1, -0.05) is 6.07 Å². The average Bonchev–Trinajstić information content (AvgIpc) is 3.18. The SMILES string of the molecule is O=c1c2cc(O[C@@H]3O[C@H](CO[C@@H]4OC[C@](O)(CO)[C@H]4O)[C@@H](O)[C@H](O)[C@H]3O)ccc2oc2cccc(O)c12. The van der Waals surface area contributed by atoms with E-state index in [1.54, 1.807) is 6.07 Å². The highest BCUT2D eigenvalue weighted by Crippen LogP contribution is 2.30. The Morgan fingerprint density at radius 1 is 1.00 bits per heavy atom. The van der Waals surface area contributed by atoms with Crippen LogP contribution in [0.1, 0.15) is 0 Å². The number of phenols is 1. The summed E-state index contributed by atoms with van der Waals surface area (Å²) >= 11 is 0. The van der Waals surface area contributed by atoms with Gasteiger partial charge >= 0.3 is 0 Å². The van der Waals surface area contributed by atoms with Gasteiger partial charge in [-0.2, -0.15) is 0 Å². The van der Waals surface area contributed by atoms with Crippen LogP contribution in [0.15, 0.2) is 45.6 Å². The van der Waals surface area contributed by atoms with Crippen LogP contribution < -0.4 is 10.2 Å². The first kappa shape index (κ1) is 25.8. The standard InChI is InChI=1S/C24H26O13/c25-8-24(32)9-34-23(21(24)31)33-7-15-18(28)19(29)20(30)22(37-15)35-10-4-5-13-11(6-10)17(27)16-12(26)2-1-3-14(16)36-13/h1-6,15,18-23,25-26,28-32H,7-9H2/t15-,18-,19+,20-,21+,22-,23-,24-/m1/s1. The highest BCUT2D eigenvalue weighted by molar-refractivity contribution is 5.93. The largest absolute Gasteiger partial charge is 0.507 e.